The lowest BCUT2D eigenvalue weighted by molar-refractivity contribution is -0.338. The molecule has 2 aliphatic heterocycles. The molecule has 4 unspecified atom stereocenters. The maximum Gasteiger partial charge on any atom is 0.269 e. The van der Waals surface area contributed by atoms with Crippen molar-refractivity contribution in [2.45, 2.75) is 23.8 Å². The molecule has 5 nitrogen and oxygen atoms in total. The second-order valence-corrected chi connectivity index (χ2v) is 8.64. The minimum absolute atomic E-state index is 0.327. The van der Waals surface area contributed by atoms with Crippen molar-refractivity contribution in [3.63, 3.8) is 0 Å². The van der Waals surface area contributed by atoms with Crippen LogP contribution in [-0.4, -0.2) is 25.4 Å². The summed E-state index contributed by atoms with van der Waals surface area (Å²) in [6.45, 7) is 1.01. The van der Waals surface area contributed by atoms with Crippen molar-refractivity contribution >= 4 is 0 Å². The van der Waals surface area contributed by atoms with Gasteiger partial charge in [-0.3, -0.25) is 4.74 Å². The zero-order valence-electron chi connectivity index (χ0n) is 19.2. The van der Waals surface area contributed by atoms with Crippen LogP contribution in [0.1, 0.15) is 11.1 Å². The van der Waals surface area contributed by atoms with E-state index in [-0.39, 0.29) is 12.2 Å². The largest absolute Gasteiger partial charge is 0.455 e. The molecule has 4 aromatic carbocycles. The molecule has 2 aliphatic rings. The van der Waals surface area contributed by atoms with Crippen LogP contribution in [0.25, 0.3) is 0 Å². The number of rotatable bonds is 10. The fourth-order valence-electron chi connectivity index (χ4n) is 4.34. The molecular formula is C30H26O5. The maximum atomic E-state index is 7.16. The van der Waals surface area contributed by atoms with Crippen molar-refractivity contribution in [3.8, 4) is 11.5 Å². The standard InChI is InChI=1S/C30H26O5/c1-5-13-23(14-6-1)29(27-21-31-27,33-25-17-9-3-10-18-25)35-30(28-22-32-28,24-15-7-2-8-16-24)34-26-19-11-4-12-20-26/h1-20,27-28H,21-22H2. The predicted molar refractivity (Wildman–Crippen MR) is 131 cm³/mol. The van der Waals surface area contributed by atoms with Crippen LogP contribution in [0.2, 0.25) is 0 Å². The van der Waals surface area contributed by atoms with Crippen molar-refractivity contribution in [2.75, 3.05) is 13.2 Å². The molecular weight excluding hydrogens is 440 g/mol. The molecule has 6 rings (SSSR count). The molecule has 0 aliphatic carbocycles. The van der Waals surface area contributed by atoms with Gasteiger partial charge in [0.15, 0.2) is 12.2 Å². The number of hydrogen-bond donors (Lipinski definition) is 0. The Morgan fingerprint density at radius 2 is 0.800 bits per heavy atom. The quantitative estimate of drug-likeness (QED) is 0.223. The fraction of sp³-hybridized carbons (Fsp3) is 0.200. The molecule has 2 fully saturated rings. The molecule has 0 amide bonds. The van der Waals surface area contributed by atoms with Crippen LogP contribution >= 0.6 is 0 Å². The van der Waals surface area contributed by atoms with Gasteiger partial charge < -0.3 is 18.9 Å². The Morgan fingerprint density at radius 1 is 0.486 bits per heavy atom. The average Bonchev–Trinajstić information content (AvgIpc) is 3.83. The van der Waals surface area contributed by atoms with Crippen molar-refractivity contribution in [2.24, 2.45) is 0 Å². The summed E-state index contributed by atoms with van der Waals surface area (Å²) in [7, 11) is 0. The molecule has 2 saturated heterocycles. The zero-order chi connectivity index (χ0) is 23.6. The van der Waals surface area contributed by atoms with E-state index in [1.807, 2.05) is 121 Å². The number of ether oxygens (including phenoxy) is 5. The van der Waals surface area contributed by atoms with Crippen molar-refractivity contribution in [3.05, 3.63) is 132 Å². The molecule has 0 saturated carbocycles. The summed E-state index contributed by atoms with van der Waals surface area (Å²) in [5.41, 5.74) is 1.67. The lowest BCUT2D eigenvalue weighted by Crippen LogP contribution is -2.53. The predicted octanol–water partition coefficient (Wildman–Crippen LogP) is 5.66. The molecule has 176 valence electrons. The molecule has 0 bridgehead atoms. The van der Waals surface area contributed by atoms with Gasteiger partial charge >= 0.3 is 0 Å². The first-order chi connectivity index (χ1) is 17.3. The highest BCUT2D eigenvalue weighted by Gasteiger charge is 2.62. The van der Waals surface area contributed by atoms with Gasteiger partial charge in [0, 0.05) is 11.1 Å². The smallest absolute Gasteiger partial charge is 0.269 e. The molecule has 0 radical (unpaired) electrons. The van der Waals surface area contributed by atoms with Crippen LogP contribution in [0, 0.1) is 0 Å². The van der Waals surface area contributed by atoms with Gasteiger partial charge in [-0.2, -0.15) is 0 Å². The Hall–Kier alpha value is -3.64. The van der Waals surface area contributed by atoms with Gasteiger partial charge in [0.05, 0.1) is 13.2 Å². The molecule has 2 heterocycles. The van der Waals surface area contributed by atoms with Crippen molar-refractivity contribution in [1.29, 1.82) is 0 Å². The van der Waals surface area contributed by atoms with Gasteiger partial charge in [0.25, 0.3) is 11.6 Å². The summed E-state index contributed by atoms with van der Waals surface area (Å²) in [5.74, 6) is -1.21. The SMILES string of the molecule is c1ccc(OC(OC(Oc2ccccc2)(c2ccccc2)C2CO2)(c2ccccc2)C2CO2)cc1. The van der Waals surface area contributed by atoms with Gasteiger partial charge in [-0.15, -0.1) is 0 Å². The maximum absolute atomic E-state index is 7.16. The second kappa shape index (κ2) is 9.19. The number of benzene rings is 4. The van der Waals surface area contributed by atoms with Crippen LogP contribution in [-0.2, 0) is 25.8 Å². The third-order valence-corrected chi connectivity index (χ3v) is 6.20. The van der Waals surface area contributed by atoms with Gasteiger partial charge in [-0.1, -0.05) is 97.1 Å². The normalized spacial score (nSPS) is 21.8. The molecule has 0 N–H and O–H groups in total. The first-order valence-corrected chi connectivity index (χ1v) is 11.8. The highest BCUT2D eigenvalue weighted by atomic mass is 16.8. The van der Waals surface area contributed by atoms with Gasteiger partial charge in [-0.05, 0) is 24.3 Å². The summed E-state index contributed by atoms with van der Waals surface area (Å²) in [6, 6.07) is 39.1. The highest BCUT2D eigenvalue weighted by molar-refractivity contribution is 5.32. The first-order valence-electron chi connectivity index (χ1n) is 11.8. The van der Waals surface area contributed by atoms with E-state index in [2.05, 4.69) is 0 Å². The topological polar surface area (TPSA) is 52.8 Å². The summed E-state index contributed by atoms with van der Waals surface area (Å²) in [4.78, 5) is 0. The van der Waals surface area contributed by atoms with E-state index < -0.39 is 11.6 Å². The lowest BCUT2D eigenvalue weighted by Gasteiger charge is -2.42. The average molecular weight is 467 g/mol. The van der Waals surface area contributed by atoms with Crippen molar-refractivity contribution in [1.82, 2.24) is 0 Å². The van der Waals surface area contributed by atoms with E-state index in [0.29, 0.717) is 24.7 Å². The minimum atomic E-state index is -1.28. The molecule has 4 atom stereocenters. The number of epoxide rings is 2. The Morgan fingerprint density at radius 3 is 1.11 bits per heavy atom. The van der Waals surface area contributed by atoms with E-state index in [0.717, 1.165) is 11.1 Å². The molecule has 35 heavy (non-hydrogen) atoms. The minimum Gasteiger partial charge on any atom is -0.455 e. The summed E-state index contributed by atoms with van der Waals surface area (Å²) < 4.78 is 32.4. The Bertz CT molecular complexity index is 1130. The van der Waals surface area contributed by atoms with Crippen LogP contribution in [0.4, 0.5) is 0 Å². The molecule has 0 aromatic heterocycles. The Balaban J connectivity index is 1.52. The lowest BCUT2D eigenvalue weighted by atomic mass is 9.97. The molecule has 4 aromatic rings. The van der Waals surface area contributed by atoms with E-state index >= 15 is 0 Å². The van der Waals surface area contributed by atoms with Crippen LogP contribution in [0.5, 0.6) is 11.5 Å². The fourth-order valence-corrected chi connectivity index (χ4v) is 4.34. The third kappa shape index (κ3) is 4.42. The van der Waals surface area contributed by atoms with E-state index in [4.69, 9.17) is 23.7 Å². The monoisotopic (exact) mass is 466 g/mol. The first kappa shape index (κ1) is 21.9. The zero-order valence-corrected chi connectivity index (χ0v) is 19.2. The summed E-state index contributed by atoms with van der Waals surface area (Å²) in [6.07, 6.45) is -0.655. The van der Waals surface area contributed by atoms with E-state index in [9.17, 15) is 0 Å². The molecule has 5 heteroatoms. The number of hydrogen-bond acceptors (Lipinski definition) is 5. The van der Waals surface area contributed by atoms with E-state index in [1.54, 1.807) is 0 Å². The Labute approximate surface area is 204 Å². The van der Waals surface area contributed by atoms with Gasteiger partial charge in [0.1, 0.15) is 11.5 Å². The van der Waals surface area contributed by atoms with Gasteiger partial charge in [0.2, 0.25) is 0 Å². The van der Waals surface area contributed by atoms with Crippen LogP contribution < -0.4 is 9.47 Å². The molecule has 0 spiro atoms. The van der Waals surface area contributed by atoms with Crippen LogP contribution in [0.15, 0.2) is 121 Å². The Kier molecular flexibility index (Phi) is 5.74. The van der Waals surface area contributed by atoms with Crippen LogP contribution in [0.3, 0.4) is 0 Å². The third-order valence-electron chi connectivity index (χ3n) is 6.20. The van der Waals surface area contributed by atoms with Gasteiger partial charge in [-0.25, -0.2) is 0 Å². The summed E-state index contributed by atoms with van der Waals surface area (Å²) in [5, 5.41) is 0. The number of para-hydroxylation sites is 2. The van der Waals surface area contributed by atoms with Crippen molar-refractivity contribution < 1.29 is 23.7 Å². The highest BCUT2D eigenvalue weighted by Crippen LogP contribution is 2.49. The second-order valence-electron chi connectivity index (χ2n) is 8.64. The van der Waals surface area contributed by atoms with E-state index in [1.165, 1.54) is 0 Å². The summed E-state index contributed by atoms with van der Waals surface area (Å²) >= 11 is 0.